The lowest BCUT2D eigenvalue weighted by molar-refractivity contribution is -0.274. The number of halogens is 3. The fourth-order valence-electron chi connectivity index (χ4n) is 1.38. The first-order chi connectivity index (χ1) is 9.73. The Labute approximate surface area is 118 Å². The molecule has 0 spiro atoms. The van der Waals surface area contributed by atoms with Crippen molar-refractivity contribution < 1.29 is 27.5 Å². The van der Waals surface area contributed by atoms with E-state index in [-0.39, 0.29) is 5.69 Å². The number of anilines is 1. The summed E-state index contributed by atoms with van der Waals surface area (Å²) in [5, 5.41) is 6.73. The summed E-state index contributed by atoms with van der Waals surface area (Å²) in [6.07, 6.45) is -4.84. The van der Waals surface area contributed by atoms with Gasteiger partial charge in [0.2, 0.25) is 5.91 Å². The third-order valence-corrected chi connectivity index (χ3v) is 2.34. The SMILES string of the molecule is CNC(=O)NC(=O)C(C)Nc1ccccc1OC(F)(F)F. The van der Waals surface area contributed by atoms with Crippen molar-refractivity contribution in [2.24, 2.45) is 0 Å². The minimum atomic E-state index is -4.84. The topological polar surface area (TPSA) is 79.5 Å². The summed E-state index contributed by atoms with van der Waals surface area (Å²) in [5.41, 5.74) is -0.0191. The molecule has 116 valence electrons. The highest BCUT2D eigenvalue weighted by Gasteiger charge is 2.32. The second-order valence-corrected chi connectivity index (χ2v) is 3.98. The van der Waals surface area contributed by atoms with Crippen LogP contribution in [0.25, 0.3) is 0 Å². The summed E-state index contributed by atoms with van der Waals surface area (Å²) in [7, 11) is 1.33. The summed E-state index contributed by atoms with van der Waals surface area (Å²) in [4.78, 5) is 22.6. The van der Waals surface area contributed by atoms with Gasteiger partial charge in [-0.3, -0.25) is 10.1 Å². The minimum absolute atomic E-state index is 0.0191. The largest absolute Gasteiger partial charge is 0.573 e. The fraction of sp³-hybridized carbons (Fsp3) is 0.333. The standard InChI is InChI=1S/C12H14F3N3O3/c1-7(10(19)18-11(20)16-2)17-8-5-3-4-6-9(8)21-12(13,14)15/h3-7,17H,1-2H3,(H2,16,18,19,20). The molecule has 0 heterocycles. The number of amides is 3. The molecule has 0 bridgehead atoms. The van der Waals surface area contributed by atoms with Crippen LogP contribution >= 0.6 is 0 Å². The van der Waals surface area contributed by atoms with Gasteiger partial charge in [0.15, 0.2) is 5.75 Å². The third-order valence-electron chi connectivity index (χ3n) is 2.34. The number of ether oxygens (including phenoxy) is 1. The van der Waals surface area contributed by atoms with Crippen molar-refractivity contribution in [2.75, 3.05) is 12.4 Å². The maximum atomic E-state index is 12.3. The van der Waals surface area contributed by atoms with Crippen LogP contribution in [0.2, 0.25) is 0 Å². The molecule has 0 fully saturated rings. The molecule has 3 N–H and O–H groups in total. The second kappa shape index (κ2) is 6.82. The molecule has 0 aromatic heterocycles. The van der Waals surface area contributed by atoms with Crippen LogP contribution in [0.5, 0.6) is 5.75 Å². The summed E-state index contributed by atoms with van der Waals surface area (Å²) in [6, 6.07) is 3.62. The van der Waals surface area contributed by atoms with E-state index < -0.39 is 30.1 Å². The molecule has 0 aliphatic carbocycles. The lowest BCUT2D eigenvalue weighted by atomic mass is 10.2. The molecule has 21 heavy (non-hydrogen) atoms. The summed E-state index contributed by atoms with van der Waals surface area (Å²) in [5.74, 6) is -1.17. The quantitative estimate of drug-likeness (QED) is 0.793. The number of carbonyl (C=O) groups excluding carboxylic acids is 2. The van der Waals surface area contributed by atoms with E-state index in [0.29, 0.717) is 0 Å². The lowest BCUT2D eigenvalue weighted by Gasteiger charge is -2.18. The van der Waals surface area contributed by atoms with E-state index in [9.17, 15) is 22.8 Å². The number of carbonyl (C=O) groups is 2. The molecular formula is C12H14F3N3O3. The molecule has 0 saturated heterocycles. The van der Waals surface area contributed by atoms with Gasteiger partial charge < -0.3 is 15.4 Å². The lowest BCUT2D eigenvalue weighted by Crippen LogP contribution is -2.44. The van der Waals surface area contributed by atoms with Crippen molar-refractivity contribution in [3.63, 3.8) is 0 Å². The zero-order chi connectivity index (χ0) is 16.0. The first-order valence-corrected chi connectivity index (χ1v) is 5.87. The maximum Gasteiger partial charge on any atom is 0.573 e. The molecule has 1 aromatic carbocycles. The van der Waals surface area contributed by atoms with Gasteiger partial charge in [-0.15, -0.1) is 13.2 Å². The van der Waals surface area contributed by atoms with Crippen molar-refractivity contribution in [2.45, 2.75) is 19.3 Å². The Morgan fingerprint density at radius 3 is 2.43 bits per heavy atom. The van der Waals surface area contributed by atoms with Crippen LogP contribution in [0.4, 0.5) is 23.7 Å². The zero-order valence-corrected chi connectivity index (χ0v) is 11.2. The van der Waals surface area contributed by atoms with Gasteiger partial charge in [-0.05, 0) is 19.1 Å². The molecule has 9 heteroatoms. The Bertz CT molecular complexity index is 520. The number of alkyl halides is 3. The van der Waals surface area contributed by atoms with Gasteiger partial charge in [-0.2, -0.15) is 0 Å². The molecule has 1 atom stereocenters. The number of hydrogen-bond acceptors (Lipinski definition) is 4. The Balaban J connectivity index is 2.78. The molecule has 0 saturated carbocycles. The summed E-state index contributed by atoms with van der Waals surface area (Å²) >= 11 is 0. The van der Waals surface area contributed by atoms with E-state index in [0.717, 1.165) is 6.07 Å². The summed E-state index contributed by atoms with van der Waals surface area (Å²) in [6.45, 7) is 1.39. The van der Waals surface area contributed by atoms with Gasteiger partial charge in [-0.1, -0.05) is 12.1 Å². The highest BCUT2D eigenvalue weighted by Crippen LogP contribution is 2.30. The van der Waals surface area contributed by atoms with E-state index in [4.69, 9.17) is 0 Å². The number of rotatable bonds is 4. The van der Waals surface area contributed by atoms with Crippen LogP contribution < -0.4 is 20.7 Å². The Morgan fingerprint density at radius 1 is 1.24 bits per heavy atom. The van der Waals surface area contributed by atoms with Crippen LogP contribution in [0.1, 0.15) is 6.92 Å². The van der Waals surface area contributed by atoms with E-state index in [1.165, 1.54) is 32.2 Å². The average Bonchev–Trinajstić information content (AvgIpc) is 2.39. The highest BCUT2D eigenvalue weighted by molar-refractivity contribution is 5.98. The fourth-order valence-corrected chi connectivity index (χ4v) is 1.38. The van der Waals surface area contributed by atoms with Crippen molar-refractivity contribution in [3.8, 4) is 5.75 Å². The molecule has 3 amide bonds. The van der Waals surface area contributed by atoms with Crippen LogP contribution in [0.3, 0.4) is 0 Å². The van der Waals surface area contributed by atoms with E-state index >= 15 is 0 Å². The molecule has 1 unspecified atom stereocenters. The van der Waals surface area contributed by atoms with Gasteiger partial charge in [-0.25, -0.2) is 4.79 Å². The van der Waals surface area contributed by atoms with E-state index in [2.05, 4.69) is 15.4 Å². The predicted molar refractivity (Wildman–Crippen MR) is 68.8 cm³/mol. The molecule has 1 rings (SSSR count). The van der Waals surface area contributed by atoms with E-state index in [1.54, 1.807) is 0 Å². The average molecular weight is 305 g/mol. The smallest absolute Gasteiger partial charge is 0.404 e. The Morgan fingerprint density at radius 2 is 1.86 bits per heavy atom. The first kappa shape index (κ1) is 16.6. The number of hydrogen-bond donors (Lipinski definition) is 3. The van der Waals surface area contributed by atoms with Gasteiger partial charge in [0, 0.05) is 7.05 Å². The van der Waals surface area contributed by atoms with Crippen molar-refractivity contribution in [1.82, 2.24) is 10.6 Å². The molecule has 0 aliphatic rings. The monoisotopic (exact) mass is 305 g/mol. The third kappa shape index (κ3) is 5.59. The Hall–Kier alpha value is -2.45. The Kier molecular flexibility index (Phi) is 5.39. The number of urea groups is 1. The number of nitrogens with one attached hydrogen (secondary N) is 3. The predicted octanol–water partition coefficient (Wildman–Crippen LogP) is 1.84. The zero-order valence-electron chi connectivity index (χ0n) is 11.2. The van der Waals surface area contributed by atoms with Gasteiger partial charge in [0.25, 0.3) is 0 Å². The molecule has 6 nitrogen and oxygen atoms in total. The summed E-state index contributed by atoms with van der Waals surface area (Å²) < 4.78 is 40.6. The maximum absolute atomic E-state index is 12.3. The van der Waals surface area contributed by atoms with Crippen LogP contribution in [0.15, 0.2) is 24.3 Å². The number of para-hydroxylation sites is 2. The van der Waals surface area contributed by atoms with Crippen molar-refractivity contribution in [3.05, 3.63) is 24.3 Å². The second-order valence-electron chi connectivity index (χ2n) is 3.98. The highest BCUT2D eigenvalue weighted by atomic mass is 19.4. The van der Waals surface area contributed by atoms with Crippen LogP contribution in [-0.4, -0.2) is 31.4 Å². The molecule has 1 aromatic rings. The van der Waals surface area contributed by atoms with Crippen LogP contribution in [0, 0.1) is 0 Å². The first-order valence-electron chi connectivity index (χ1n) is 5.87. The molecular weight excluding hydrogens is 291 g/mol. The van der Waals surface area contributed by atoms with Crippen molar-refractivity contribution >= 4 is 17.6 Å². The molecule has 0 radical (unpaired) electrons. The van der Waals surface area contributed by atoms with Gasteiger partial charge in [0.1, 0.15) is 6.04 Å². The number of imide groups is 1. The normalized spacial score (nSPS) is 12.2. The van der Waals surface area contributed by atoms with Gasteiger partial charge >= 0.3 is 12.4 Å². The molecule has 0 aliphatic heterocycles. The van der Waals surface area contributed by atoms with Gasteiger partial charge in [0.05, 0.1) is 5.69 Å². The number of benzene rings is 1. The van der Waals surface area contributed by atoms with E-state index in [1.807, 2.05) is 5.32 Å². The minimum Gasteiger partial charge on any atom is -0.404 e. The van der Waals surface area contributed by atoms with Crippen LogP contribution in [-0.2, 0) is 4.79 Å². The van der Waals surface area contributed by atoms with Crippen molar-refractivity contribution in [1.29, 1.82) is 0 Å².